The summed E-state index contributed by atoms with van der Waals surface area (Å²) in [5.41, 5.74) is 3.39. The molecule has 8 heteroatoms. The first-order chi connectivity index (χ1) is 12.0. The number of nitrogens with one attached hydrogen (secondary N) is 1. The van der Waals surface area contributed by atoms with Crippen molar-refractivity contribution in [2.24, 2.45) is 5.10 Å². The van der Waals surface area contributed by atoms with Gasteiger partial charge in [-0.2, -0.15) is 5.10 Å². The summed E-state index contributed by atoms with van der Waals surface area (Å²) in [5, 5.41) is 4.39. The molecule has 2 rings (SSSR count). The van der Waals surface area contributed by atoms with Crippen molar-refractivity contribution in [2.45, 2.75) is 0 Å². The number of halogens is 2. The van der Waals surface area contributed by atoms with E-state index in [0.717, 1.165) is 4.47 Å². The number of rotatable bonds is 6. The summed E-state index contributed by atoms with van der Waals surface area (Å²) in [6, 6.07) is 8.25. The smallest absolute Gasteiger partial charge is 0.275 e. The maximum absolute atomic E-state index is 12.3. The quantitative estimate of drug-likeness (QED) is 0.561. The Bertz CT molecular complexity index is 811. The fraction of sp³-hybridized carbons (Fsp3) is 0.176. The van der Waals surface area contributed by atoms with Crippen LogP contribution in [-0.2, 0) is 0 Å². The van der Waals surface area contributed by atoms with E-state index in [2.05, 4.69) is 26.5 Å². The van der Waals surface area contributed by atoms with Gasteiger partial charge in [0, 0.05) is 16.7 Å². The summed E-state index contributed by atoms with van der Waals surface area (Å²) in [4.78, 5) is 12.3. The second kappa shape index (κ2) is 8.73. The molecule has 0 aliphatic heterocycles. The fourth-order valence-electron chi connectivity index (χ4n) is 2.06. The van der Waals surface area contributed by atoms with Crippen LogP contribution in [0.25, 0.3) is 0 Å². The van der Waals surface area contributed by atoms with E-state index in [1.54, 1.807) is 31.4 Å². The Morgan fingerprint density at radius 1 is 1.08 bits per heavy atom. The first kappa shape index (κ1) is 19.1. The third kappa shape index (κ3) is 4.64. The molecule has 1 N–H and O–H groups in total. The van der Waals surface area contributed by atoms with Gasteiger partial charge in [0.1, 0.15) is 17.2 Å². The molecule has 0 aliphatic carbocycles. The number of ether oxygens (including phenoxy) is 3. The second-order valence-corrected chi connectivity index (χ2v) is 6.06. The van der Waals surface area contributed by atoms with Crippen molar-refractivity contribution in [3.05, 3.63) is 51.0 Å². The lowest BCUT2D eigenvalue weighted by Gasteiger charge is -2.09. The molecule has 1 amide bonds. The minimum Gasteiger partial charge on any atom is -0.496 e. The van der Waals surface area contributed by atoms with Gasteiger partial charge in [-0.1, -0.05) is 11.6 Å². The Hall–Kier alpha value is -2.25. The predicted octanol–water partition coefficient (Wildman–Crippen LogP) is 3.89. The van der Waals surface area contributed by atoms with Crippen molar-refractivity contribution < 1.29 is 19.0 Å². The minimum atomic E-state index is -0.442. The minimum absolute atomic E-state index is 0.287. The Balaban J connectivity index is 2.20. The fourth-order valence-corrected chi connectivity index (χ4v) is 2.76. The maximum Gasteiger partial charge on any atom is 0.275 e. The summed E-state index contributed by atoms with van der Waals surface area (Å²) in [7, 11) is 4.57. The first-order valence-electron chi connectivity index (χ1n) is 7.08. The van der Waals surface area contributed by atoms with Gasteiger partial charge in [0.15, 0.2) is 0 Å². The Labute approximate surface area is 158 Å². The van der Waals surface area contributed by atoms with Crippen LogP contribution in [0.4, 0.5) is 0 Å². The van der Waals surface area contributed by atoms with Gasteiger partial charge in [0.2, 0.25) is 0 Å². The lowest BCUT2D eigenvalue weighted by molar-refractivity contribution is 0.0952. The lowest BCUT2D eigenvalue weighted by atomic mass is 10.2. The van der Waals surface area contributed by atoms with E-state index in [1.165, 1.54) is 26.5 Å². The van der Waals surface area contributed by atoms with E-state index < -0.39 is 5.91 Å². The number of amides is 1. The third-order valence-corrected chi connectivity index (χ3v) is 4.13. The Kier molecular flexibility index (Phi) is 6.66. The van der Waals surface area contributed by atoms with Crippen LogP contribution in [0.2, 0.25) is 5.02 Å². The number of methoxy groups -OCH3 is 3. The van der Waals surface area contributed by atoms with Crippen LogP contribution in [0.5, 0.6) is 17.2 Å². The molecule has 6 nitrogen and oxygen atoms in total. The van der Waals surface area contributed by atoms with Crippen LogP contribution in [-0.4, -0.2) is 33.5 Å². The molecule has 25 heavy (non-hydrogen) atoms. The molecular weight excluding hydrogens is 412 g/mol. The van der Waals surface area contributed by atoms with Crippen LogP contribution in [0, 0.1) is 0 Å². The van der Waals surface area contributed by atoms with Crippen LogP contribution in [0.1, 0.15) is 15.9 Å². The van der Waals surface area contributed by atoms with E-state index in [0.29, 0.717) is 27.8 Å². The summed E-state index contributed by atoms with van der Waals surface area (Å²) in [6.07, 6.45) is 1.47. The zero-order chi connectivity index (χ0) is 18.4. The van der Waals surface area contributed by atoms with E-state index in [9.17, 15) is 4.79 Å². The molecule has 0 heterocycles. The van der Waals surface area contributed by atoms with E-state index >= 15 is 0 Å². The second-order valence-electron chi connectivity index (χ2n) is 4.77. The van der Waals surface area contributed by atoms with Crippen molar-refractivity contribution in [1.82, 2.24) is 5.43 Å². The highest BCUT2D eigenvalue weighted by molar-refractivity contribution is 9.10. The Morgan fingerprint density at radius 2 is 1.76 bits per heavy atom. The predicted molar refractivity (Wildman–Crippen MR) is 100 cm³/mol. The summed E-state index contributed by atoms with van der Waals surface area (Å²) in [6.45, 7) is 0. The van der Waals surface area contributed by atoms with Gasteiger partial charge < -0.3 is 14.2 Å². The number of hydrogen-bond acceptors (Lipinski definition) is 5. The molecule has 132 valence electrons. The van der Waals surface area contributed by atoms with Crippen molar-refractivity contribution in [2.75, 3.05) is 21.3 Å². The number of hydrazone groups is 1. The topological polar surface area (TPSA) is 69.2 Å². The van der Waals surface area contributed by atoms with Gasteiger partial charge in [-0.15, -0.1) is 0 Å². The molecule has 0 radical (unpaired) electrons. The van der Waals surface area contributed by atoms with Crippen LogP contribution < -0.4 is 19.6 Å². The molecule has 0 unspecified atom stereocenters. The van der Waals surface area contributed by atoms with Crippen molar-refractivity contribution in [1.29, 1.82) is 0 Å². The van der Waals surface area contributed by atoms with Crippen LogP contribution >= 0.6 is 27.5 Å². The zero-order valence-corrected chi connectivity index (χ0v) is 16.1. The average Bonchev–Trinajstić information content (AvgIpc) is 2.61. The van der Waals surface area contributed by atoms with Gasteiger partial charge in [-0.25, -0.2) is 5.43 Å². The summed E-state index contributed by atoms with van der Waals surface area (Å²) >= 11 is 9.32. The molecule has 2 aromatic carbocycles. The van der Waals surface area contributed by atoms with E-state index in [4.69, 9.17) is 25.8 Å². The number of carbonyl (C=O) groups is 1. The molecule has 0 saturated heterocycles. The van der Waals surface area contributed by atoms with Crippen molar-refractivity contribution >= 4 is 39.7 Å². The summed E-state index contributed by atoms with van der Waals surface area (Å²) < 4.78 is 16.4. The van der Waals surface area contributed by atoms with E-state index in [-0.39, 0.29) is 5.56 Å². The van der Waals surface area contributed by atoms with Crippen molar-refractivity contribution in [3.8, 4) is 17.2 Å². The monoisotopic (exact) mass is 426 g/mol. The Morgan fingerprint density at radius 3 is 2.40 bits per heavy atom. The molecule has 0 bridgehead atoms. The van der Waals surface area contributed by atoms with Crippen LogP contribution in [0.15, 0.2) is 39.9 Å². The van der Waals surface area contributed by atoms with Gasteiger partial charge in [0.25, 0.3) is 5.91 Å². The number of carbonyl (C=O) groups excluding carboxylic acids is 1. The zero-order valence-electron chi connectivity index (χ0n) is 13.8. The number of benzene rings is 2. The van der Waals surface area contributed by atoms with Gasteiger partial charge in [0.05, 0.1) is 37.6 Å². The third-order valence-electron chi connectivity index (χ3n) is 3.28. The normalized spacial score (nSPS) is 10.6. The highest BCUT2D eigenvalue weighted by Gasteiger charge is 2.12. The highest BCUT2D eigenvalue weighted by Crippen LogP contribution is 2.32. The highest BCUT2D eigenvalue weighted by atomic mass is 79.9. The standard InChI is InChI=1S/C17H16BrClN2O4/c1-23-14-5-4-11(19)7-12(14)17(22)21-20-9-10-6-13(18)16(25-3)8-15(10)24-2/h4-9H,1-3H3,(H,21,22). The van der Waals surface area contributed by atoms with Crippen LogP contribution in [0.3, 0.4) is 0 Å². The number of hydrogen-bond donors (Lipinski definition) is 1. The molecule has 0 atom stereocenters. The summed E-state index contributed by atoms with van der Waals surface area (Å²) in [5.74, 6) is 1.14. The number of nitrogens with zero attached hydrogens (tertiary/aromatic N) is 1. The lowest BCUT2D eigenvalue weighted by Crippen LogP contribution is -2.18. The van der Waals surface area contributed by atoms with Crippen molar-refractivity contribution in [3.63, 3.8) is 0 Å². The molecule has 0 saturated carbocycles. The van der Waals surface area contributed by atoms with Gasteiger partial charge in [-0.3, -0.25) is 4.79 Å². The largest absolute Gasteiger partial charge is 0.496 e. The molecule has 0 spiro atoms. The molecule has 0 aromatic heterocycles. The molecular formula is C17H16BrClN2O4. The molecule has 2 aromatic rings. The van der Waals surface area contributed by atoms with Gasteiger partial charge >= 0.3 is 0 Å². The molecule has 0 aliphatic rings. The maximum atomic E-state index is 12.3. The SMILES string of the molecule is COc1cc(OC)c(C=NNC(=O)c2cc(Cl)ccc2OC)cc1Br. The first-order valence-corrected chi connectivity index (χ1v) is 8.25. The van der Waals surface area contributed by atoms with E-state index in [1.807, 2.05) is 0 Å². The average molecular weight is 428 g/mol. The molecule has 0 fully saturated rings. The van der Waals surface area contributed by atoms with Gasteiger partial charge in [-0.05, 0) is 40.2 Å².